The first-order chi connectivity index (χ1) is 12.3. The van der Waals surface area contributed by atoms with E-state index in [4.69, 9.17) is 14.5 Å². The normalized spacial score (nSPS) is 19.1. The maximum absolute atomic E-state index is 5.74. The molecule has 0 aliphatic carbocycles. The number of nitrogens with one attached hydrogen (secondary N) is 2. The summed E-state index contributed by atoms with van der Waals surface area (Å²) in [6.45, 7) is 10.3. The molecule has 5 nitrogen and oxygen atoms in total. The monoisotopic (exact) mass is 367 g/mol. The van der Waals surface area contributed by atoms with Gasteiger partial charge < -0.3 is 20.1 Å². The van der Waals surface area contributed by atoms with Crippen LogP contribution in [0.3, 0.4) is 0 Å². The molecule has 142 valence electrons. The van der Waals surface area contributed by atoms with E-state index in [1.165, 1.54) is 4.88 Å². The molecule has 2 rings (SSSR count). The molecule has 2 unspecified atom stereocenters. The fourth-order valence-corrected chi connectivity index (χ4v) is 3.64. The van der Waals surface area contributed by atoms with Gasteiger partial charge in [-0.25, -0.2) is 0 Å². The largest absolute Gasteiger partial charge is 0.381 e. The van der Waals surface area contributed by atoms with E-state index in [2.05, 4.69) is 42.0 Å². The van der Waals surface area contributed by atoms with Gasteiger partial charge in [-0.1, -0.05) is 13.0 Å². The molecule has 25 heavy (non-hydrogen) atoms. The minimum atomic E-state index is 0.547. The maximum atomic E-state index is 5.74. The van der Waals surface area contributed by atoms with E-state index in [0.717, 1.165) is 71.3 Å². The van der Waals surface area contributed by atoms with E-state index in [-0.39, 0.29) is 0 Å². The third-order valence-electron chi connectivity index (χ3n) is 4.17. The molecule has 1 fully saturated rings. The number of thiophene rings is 1. The number of hydrogen-bond acceptors (Lipinski definition) is 4. The molecule has 1 aromatic rings. The number of hydrogen-bond donors (Lipinski definition) is 2. The number of nitrogens with zero attached hydrogens (tertiary/aromatic N) is 1. The van der Waals surface area contributed by atoms with E-state index in [9.17, 15) is 0 Å². The Morgan fingerprint density at radius 2 is 2.40 bits per heavy atom. The number of guanidine groups is 1. The van der Waals surface area contributed by atoms with E-state index >= 15 is 0 Å². The van der Waals surface area contributed by atoms with E-state index < -0.39 is 0 Å². The summed E-state index contributed by atoms with van der Waals surface area (Å²) in [5, 5.41) is 8.85. The van der Waals surface area contributed by atoms with Crippen LogP contribution in [-0.4, -0.2) is 52.0 Å². The molecule has 0 aromatic carbocycles. The van der Waals surface area contributed by atoms with Crippen molar-refractivity contribution >= 4 is 17.3 Å². The topological polar surface area (TPSA) is 54.9 Å². The van der Waals surface area contributed by atoms with Gasteiger partial charge in [-0.2, -0.15) is 0 Å². The summed E-state index contributed by atoms with van der Waals surface area (Å²) in [6.07, 6.45) is 3.22. The Morgan fingerprint density at radius 3 is 3.12 bits per heavy atom. The van der Waals surface area contributed by atoms with Gasteiger partial charge in [0.2, 0.25) is 0 Å². The highest BCUT2D eigenvalue weighted by Crippen LogP contribution is 2.14. The zero-order chi connectivity index (χ0) is 17.7. The first-order valence-electron chi connectivity index (χ1n) is 9.48. The van der Waals surface area contributed by atoms with Crippen LogP contribution in [-0.2, 0) is 15.9 Å². The van der Waals surface area contributed by atoms with Crippen molar-refractivity contribution in [1.82, 2.24) is 10.6 Å². The summed E-state index contributed by atoms with van der Waals surface area (Å²) in [6, 6.07) is 4.31. The molecule has 1 aliphatic heterocycles. The van der Waals surface area contributed by atoms with Crippen LogP contribution in [0.2, 0.25) is 0 Å². The van der Waals surface area contributed by atoms with Crippen LogP contribution in [0.4, 0.5) is 0 Å². The Hall–Kier alpha value is -1.11. The predicted octanol–water partition coefficient (Wildman–Crippen LogP) is 2.93. The SMILES string of the molecule is CCNC(=NCC(C)Cc1cccs1)NCCCOCC1CCOC1. The lowest BCUT2D eigenvalue weighted by Crippen LogP contribution is -2.38. The quantitative estimate of drug-likeness (QED) is 0.359. The third-order valence-corrected chi connectivity index (χ3v) is 5.07. The Kier molecular flexibility index (Phi) is 9.92. The van der Waals surface area contributed by atoms with E-state index in [1.807, 2.05) is 11.3 Å². The number of aliphatic imine (C=N–C) groups is 1. The Labute approximate surface area is 156 Å². The minimum Gasteiger partial charge on any atom is -0.381 e. The molecule has 0 amide bonds. The summed E-state index contributed by atoms with van der Waals surface area (Å²) in [7, 11) is 0. The highest BCUT2D eigenvalue weighted by Gasteiger charge is 2.15. The molecule has 0 radical (unpaired) electrons. The molecular formula is C19H33N3O2S. The Bertz CT molecular complexity index is 473. The van der Waals surface area contributed by atoms with Crippen LogP contribution in [0.25, 0.3) is 0 Å². The molecule has 2 heterocycles. The fraction of sp³-hybridized carbons (Fsp3) is 0.737. The predicted molar refractivity (Wildman–Crippen MR) is 106 cm³/mol. The third kappa shape index (κ3) is 8.70. The molecule has 1 aromatic heterocycles. The summed E-state index contributed by atoms with van der Waals surface area (Å²) in [5.41, 5.74) is 0. The lowest BCUT2D eigenvalue weighted by molar-refractivity contribution is 0.0888. The van der Waals surface area contributed by atoms with Crippen molar-refractivity contribution in [2.45, 2.75) is 33.1 Å². The molecule has 0 bridgehead atoms. The van der Waals surface area contributed by atoms with Gasteiger partial charge in [0.15, 0.2) is 5.96 Å². The number of ether oxygens (including phenoxy) is 2. The van der Waals surface area contributed by atoms with Gasteiger partial charge in [-0.3, -0.25) is 4.99 Å². The molecule has 2 N–H and O–H groups in total. The van der Waals surface area contributed by atoms with Gasteiger partial charge in [0.05, 0.1) is 13.2 Å². The highest BCUT2D eigenvalue weighted by molar-refractivity contribution is 7.09. The second-order valence-corrected chi connectivity index (χ2v) is 7.73. The van der Waals surface area contributed by atoms with Crippen LogP contribution in [0.1, 0.15) is 31.6 Å². The summed E-state index contributed by atoms with van der Waals surface area (Å²) < 4.78 is 11.1. The van der Waals surface area contributed by atoms with Crippen LogP contribution in [0.15, 0.2) is 22.5 Å². The average Bonchev–Trinajstić information content (AvgIpc) is 3.29. The van der Waals surface area contributed by atoms with Gasteiger partial charge in [-0.15, -0.1) is 11.3 Å². The summed E-state index contributed by atoms with van der Waals surface area (Å²) in [4.78, 5) is 6.15. The molecule has 6 heteroatoms. The lowest BCUT2D eigenvalue weighted by atomic mass is 10.1. The van der Waals surface area contributed by atoms with Crippen molar-refractivity contribution in [2.75, 3.05) is 46.1 Å². The second kappa shape index (κ2) is 12.3. The molecule has 0 saturated carbocycles. The van der Waals surface area contributed by atoms with E-state index in [0.29, 0.717) is 11.8 Å². The van der Waals surface area contributed by atoms with Crippen LogP contribution in [0, 0.1) is 11.8 Å². The first-order valence-corrected chi connectivity index (χ1v) is 10.4. The second-order valence-electron chi connectivity index (χ2n) is 6.69. The zero-order valence-electron chi connectivity index (χ0n) is 15.6. The molecule has 0 spiro atoms. The molecule has 1 saturated heterocycles. The zero-order valence-corrected chi connectivity index (χ0v) is 16.4. The standard InChI is InChI=1S/C19H33N3O2S/c1-3-20-19(22-13-16(2)12-18-6-4-11-25-18)21-8-5-9-23-14-17-7-10-24-15-17/h4,6,11,16-17H,3,5,7-10,12-15H2,1-2H3,(H2,20,21,22). The highest BCUT2D eigenvalue weighted by atomic mass is 32.1. The van der Waals surface area contributed by atoms with Crippen LogP contribution >= 0.6 is 11.3 Å². The average molecular weight is 368 g/mol. The van der Waals surface area contributed by atoms with Crippen molar-refractivity contribution in [3.63, 3.8) is 0 Å². The van der Waals surface area contributed by atoms with Gasteiger partial charge >= 0.3 is 0 Å². The van der Waals surface area contributed by atoms with Crippen molar-refractivity contribution in [1.29, 1.82) is 0 Å². The van der Waals surface area contributed by atoms with Crippen molar-refractivity contribution in [3.05, 3.63) is 22.4 Å². The summed E-state index contributed by atoms with van der Waals surface area (Å²) in [5.74, 6) is 2.05. The summed E-state index contributed by atoms with van der Waals surface area (Å²) >= 11 is 1.82. The smallest absolute Gasteiger partial charge is 0.191 e. The van der Waals surface area contributed by atoms with Crippen molar-refractivity contribution < 1.29 is 9.47 Å². The van der Waals surface area contributed by atoms with Crippen molar-refractivity contribution in [2.24, 2.45) is 16.8 Å². The maximum Gasteiger partial charge on any atom is 0.191 e. The van der Waals surface area contributed by atoms with E-state index in [1.54, 1.807) is 0 Å². The first kappa shape index (κ1) is 20.2. The Balaban J connectivity index is 1.58. The Morgan fingerprint density at radius 1 is 1.48 bits per heavy atom. The van der Waals surface area contributed by atoms with Crippen LogP contribution < -0.4 is 10.6 Å². The molecule has 2 atom stereocenters. The fourth-order valence-electron chi connectivity index (χ4n) is 2.77. The van der Waals surface area contributed by atoms with Gasteiger partial charge in [0.25, 0.3) is 0 Å². The van der Waals surface area contributed by atoms with Crippen LogP contribution in [0.5, 0.6) is 0 Å². The lowest BCUT2D eigenvalue weighted by Gasteiger charge is -2.13. The van der Waals surface area contributed by atoms with Gasteiger partial charge in [0, 0.05) is 43.6 Å². The van der Waals surface area contributed by atoms with Gasteiger partial charge in [0.1, 0.15) is 0 Å². The number of rotatable bonds is 11. The van der Waals surface area contributed by atoms with Crippen molar-refractivity contribution in [3.8, 4) is 0 Å². The molecule has 1 aliphatic rings. The van der Waals surface area contributed by atoms with Gasteiger partial charge in [-0.05, 0) is 43.6 Å². The molecular weight excluding hydrogens is 334 g/mol. The minimum absolute atomic E-state index is 0.547.